The molecular formula is C77H84N6O8S4. The van der Waals surface area contributed by atoms with E-state index in [1.54, 1.807) is 0 Å². The summed E-state index contributed by atoms with van der Waals surface area (Å²) in [5, 5.41) is 2.39. The topological polar surface area (TPSA) is 214 Å². The standard InChI is InChI=1S/C39H47N3S2.C34H37N3S2.4CO2/c1-5-9-11-13-15-30-24-38(43-27-30)39-32(16-14-12-10-6-2)26-37(44-39)31-18-20-41-34(25-31)36-23-29(8-4)22-35(42-36)33-21-28(7-3)17-19-40-33;1-5-8-9-10-11-27-18-23(4)38-34(27)33-13-12-32(39-33)26-15-17-36-29(22-26)31-21-25(7-3)20-30(37-31)28-19-24(6-2)14-16-35-28;4*2-1-3/h17-27H,5-16H2,1-4H3;12-22H,5-11H2,1-4H3;;;;. The Balaban J connectivity index is 0.000000296. The van der Waals surface area contributed by atoms with E-state index in [1.165, 1.54) is 174 Å². The number of aryl methyl sites for hydroxylation is 8. The molecule has 0 spiro atoms. The van der Waals surface area contributed by atoms with Crippen molar-refractivity contribution in [3.63, 3.8) is 0 Å². The SMILES string of the molecule is CCCCCCc1cc(C)sc1-c1ccc(-c2ccnc(-c3cc(CC)cc(-c4cc(CC)ccn4)n3)c2)s1.CCCCCCc1csc(-c2sc(-c3ccnc(-c4cc(CC)cc(-c5cc(CC)ccn5)n4)c3)cc2CCCCCC)c1.O=C=O.O=C=O.O=C=O.O=C=O. The number of hydrogen-bond acceptors (Lipinski definition) is 18. The monoisotopic (exact) mass is 1350 g/mol. The van der Waals surface area contributed by atoms with Crippen LogP contribution in [0.25, 0.3) is 85.9 Å². The molecule has 0 saturated heterocycles. The van der Waals surface area contributed by atoms with Crippen molar-refractivity contribution in [2.24, 2.45) is 0 Å². The smallest absolute Gasteiger partial charge is 0.255 e. The lowest BCUT2D eigenvalue weighted by atomic mass is 10.0. The number of hydrogen-bond donors (Lipinski definition) is 0. The summed E-state index contributed by atoms with van der Waals surface area (Å²) in [7, 11) is 0. The number of carbonyl (C=O) groups excluding carboxylic acids is 8. The Hall–Kier alpha value is -8.78. The first kappa shape index (κ1) is 76.9. The molecule has 0 aliphatic carbocycles. The van der Waals surface area contributed by atoms with Gasteiger partial charge in [-0.2, -0.15) is 38.4 Å². The van der Waals surface area contributed by atoms with Crippen molar-refractivity contribution in [3.8, 4) is 85.9 Å². The minimum Gasteiger partial charge on any atom is -0.255 e. The summed E-state index contributed by atoms with van der Waals surface area (Å²) in [5.41, 5.74) is 19.2. The summed E-state index contributed by atoms with van der Waals surface area (Å²) in [6.45, 7) is 17.8. The van der Waals surface area contributed by atoms with Crippen molar-refractivity contribution in [3.05, 3.63) is 177 Å². The summed E-state index contributed by atoms with van der Waals surface area (Å²) >= 11 is 7.67. The van der Waals surface area contributed by atoms with Crippen LogP contribution in [-0.2, 0) is 83.3 Å². The van der Waals surface area contributed by atoms with Gasteiger partial charge >= 0.3 is 24.6 Å². The highest BCUT2D eigenvalue weighted by atomic mass is 32.1. The molecule has 0 fully saturated rings. The van der Waals surface area contributed by atoms with Crippen LogP contribution in [0.3, 0.4) is 0 Å². The number of nitrogens with zero attached hydrogens (tertiary/aromatic N) is 6. The van der Waals surface area contributed by atoms with Crippen LogP contribution < -0.4 is 0 Å². The van der Waals surface area contributed by atoms with Crippen LogP contribution in [0.5, 0.6) is 0 Å². The highest BCUT2D eigenvalue weighted by Crippen LogP contribution is 2.44. The van der Waals surface area contributed by atoms with Gasteiger partial charge in [0.1, 0.15) is 0 Å². The van der Waals surface area contributed by atoms with Gasteiger partial charge in [0.2, 0.25) is 0 Å². The summed E-state index contributed by atoms with van der Waals surface area (Å²) in [4.78, 5) is 104. The van der Waals surface area contributed by atoms with Gasteiger partial charge in [-0.1, -0.05) is 106 Å². The van der Waals surface area contributed by atoms with Gasteiger partial charge in [0.05, 0.1) is 45.6 Å². The van der Waals surface area contributed by atoms with Gasteiger partial charge in [-0.3, -0.25) is 19.9 Å². The molecule has 10 heterocycles. The molecule has 10 aromatic rings. The predicted octanol–water partition coefficient (Wildman–Crippen LogP) is 19.9. The van der Waals surface area contributed by atoms with E-state index in [4.69, 9.17) is 58.3 Å². The maximum atomic E-state index is 8.12. The lowest BCUT2D eigenvalue weighted by molar-refractivity contribution is -0.193. The molecule has 0 bridgehead atoms. The molecule has 494 valence electrons. The van der Waals surface area contributed by atoms with Crippen LogP contribution in [0.15, 0.2) is 133 Å². The summed E-state index contributed by atoms with van der Waals surface area (Å²) in [5.74, 6) is 0. The van der Waals surface area contributed by atoms with E-state index >= 15 is 0 Å². The highest BCUT2D eigenvalue weighted by molar-refractivity contribution is 7.24. The lowest BCUT2D eigenvalue weighted by Crippen LogP contribution is -1.96. The van der Waals surface area contributed by atoms with Gasteiger partial charge in [-0.15, -0.1) is 45.3 Å². The second kappa shape index (κ2) is 43.3. The molecule has 0 atom stereocenters. The van der Waals surface area contributed by atoms with Crippen LogP contribution in [0, 0.1) is 6.92 Å². The molecule has 0 amide bonds. The van der Waals surface area contributed by atoms with E-state index in [1.807, 2.05) is 70.1 Å². The first-order valence-electron chi connectivity index (χ1n) is 32.6. The Morgan fingerprint density at radius 3 is 1.15 bits per heavy atom. The maximum Gasteiger partial charge on any atom is 0.373 e. The first-order chi connectivity index (χ1) is 46.3. The molecule has 14 nitrogen and oxygen atoms in total. The van der Waals surface area contributed by atoms with Gasteiger partial charge in [-0.25, -0.2) is 9.97 Å². The maximum absolute atomic E-state index is 8.12. The van der Waals surface area contributed by atoms with Crippen LogP contribution in [-0.4, -0.2) is 54.5 Å². The van der Waals surface area contributed by atoms with E-state index in [0.717, 1.165) is 77.7 Å². The molecule has 10 aromatic heterocycles. The van der Waals surface area contributed by atoms with E-state index in [0.29, 0.717) is 0 Å². The van der Waals surface area contributed by atoms with Crippen molar-refractivity contribution in [1.29, 1.82) is 0 Å². The average molecular weight is 1350 g/mol. The molecule has 0 radical (unpaired) electrons. The molecule has 0 aromatic carbocycles. The zero-order valence-electron chi connectivity index (χ0n) is 55.7. The average Bonchev–Trinajstić information content (AvgIpc) is 1.81. The third-order valence-electron chi connectivity index (χ3n) is 15.6. The normalized spacial score (nSPS) is 10.2. The van der Waals surface area contributed by atoms with Crippen LogP contribution in [0.1, 0.15) is 169 Å². The Bertz CT molecular complexity index is 4060. The molecule has 18 heteroatoms. The molecule has 0 aliphatic heterocycles. The Kier molecular flexibility index (Phi) is 35.0. The second-order valence-electron chi connectivity index (χ2n) is 22.3. The third-order valence-corrected chi connectivity index (χ3v) is 20.3. The number of thiophene rings is 4. The first-order valence-corrected chi connectivity index (χ1v) is 35.9. The summed E-state index contributed by atoms with van der Waals surface area (Å²) in [6.07, 6.45) is 31.5. The summed E-state index contributed by atoms with van der Waals surface area (Å²) in [6, 6.07) is 37.7. The highest BCUT2D eigenvalue weighted by Gasteiger charge is 2.19. The van der Waals surface area contributed by atoms with Gasteiger partial charge in [0.25, 0.3) is 0 Å². The van der Waals surface area contributed by atoms with Crippen molar-refractivity contribution < 1.29 is 38.4 Å². The molecule has 0 saturated carbocycles. The van der Waals surface area contributed by atoms with Crippen LogP contribution in [0.4, 0.5) is 0 Å². The molecule has 95 heavy (non-hydrogen) atoms. The zero-order valence-corrected chi connectivity index (χ0v) is 59.0. The van der Waals surface area contributed by atoms with E-state index in [2.05, 4.69) is 174 Å². The largest absolute Gasteiger partial charge is 0.373 e. The van der Waals surface area contributed by atoms with Crippen LogP contribution in [0.2, 0.25) is 0 Å². The second-order valence-corrected chi connectivity index (χ2v) is 26.6. The minimum atomic E-state index is 0.250. The fourth-order valence-corrected chi connectivity index (χ4v) is 15.2. The number of pyridine rings is 6. The molecular weight excluding hydrogens is 1270 g/mol. The van der Waals surface area contributed by atoms with Gasteiger partial charge in [0, 0.05) is 58.9 Å². The Morgan fingerprint density at radius 2 is 0.705 bits per heavy atom. The quantitative estimate of drug-likeness (QED) is 0.0438. The van der Waals surface area contributed by atoms with Gasteiger partial charge in [0.15, 0.2) is 0 Å². The third kappa shape index (κ3) is 24.5. The fraction of sp³-hybridized carbons (Fsp3) is 0.351. The van der Waals surface area contributed by atoms with Crippen molar-refractivity contribution in [2.45, 2.75) is 177 Å². The number of unbranched alkanes of at least 4 members (excludes halogenated alkanes) is 9. The van der Waals surface area contributed by atoms with Crippen molar-refractivity contribution in [1.82, 2.24) is 29.9 Å². The van der Waals surface area contributed by atoms with E-state index in [9.17, 15) is 0 Å². The Morgan fingerprint density at radius 1 is 0.326 bits per heavy atom. The Labute approximate surface area is 574 Å². The fourth-order valence-electron chi connectivity index (χ4n) is 10.6. The minimum absolute atomic E-state index is 0.250. The predicted molar refractivity (Wildman–Crippen MR) is 380 cm³/mol. The molecule has 0 unspecified atom stereocenters. The molecule has 10 rings (SSSR count). The summed E-state index contributed by atoms with van der Waals surface area (Å²) < 4.78 is 0. The number of aromatic nitrogens is 6. The molecule has 0 aliphatic rings. The van der Waals surface area contributed by atoms with Gasteiger partial charge < -0.3 is 0 Å². The zero-order chi connectivity index (χ0) is 68.7. The van der Waals surface area contributed by atoms with Crippen LogP contribution >= 0.6 is 45.3 Å². The lowest BCUT2D eigenvalue weighted by Gasteiger charge is -2.09. The van der Waals surface area contributed by atoms with Crippen molar-refractivity contribution in [2.75, 3.05) is 0 Å². The number of rotatable bonds is 27. The van der Waals surface area contributed by atoms with Crippen molar-refractivity contribution >= 4 is 70.0 Å². The molecule has 0 N–H and O–H groups in total. The van der Waals surface area contributed by atoms with E-state index < -0.39 is 0 Å². The van der Waals surface area contributed by atoms with E-state index in [-0.39, 0.29) is 24.6 Å². The van der Waals surface area contributed by atoms with Gasteiger partial charge in [-0.05, 0) is 230 Å².